The van der Waals surface area contributed by atoms with Crippen LogP contribution in [0.3, 0.4) is 0 Å². The first-order chi connectivity index (χ1) is 14.7. The average Bonchev–Trinajstić information content (AvgIpc) is 2.77. The molecule has 0 saturated heterocycles. The van der Waals surface area contributed by atoms with E-state index in [4.69, 9.17) is 4.74 Å². The van der Waals surface area contributed by atoms with Gasteiger partial charge < -0.3 is 15.4 Å². The summed E-state index contributed by atoms with van der Waals surface area (Å²) in [4.78, 5) is 8.88. The van der Waals surface area contributed by atoms with E-state index in [0.29, 0.717) is 19.7 Å². The number of rotatable bonds is 9. The molecule has 164 valence electrons. The number of benzene rings is 2. The van der Waals surface area contributed by atoms with Gasteiger partial charge in [-0.2, -0.15) is 0 Å². The molecule has 2 N–H and O–H groups in total. The van der Waals surface area contributed by atoms with Gasteiger partial charge in [0.15, 0.2) is 5.96 Å². The second-order valence-electron chi connectivity index (χ2n) is 6.76. The molecule has 2 aromatic carbocycles. The second kappa shape index (κ2) is 13.6. The summed E-state index contributed by atoms with van der Waals surface area (Å²) in [6.07, 6.45) is 2.48. The Bertz CT molecular complexity index is 936. The first kappa shape index (κ1) is 24.6. The molecule has 0 spiro atoms. The lowest BCUT2D eigenvalue weighted by Gasteiger charge is -2.11. The first-order valence-electron chi connectivity index (χ1n) is 10.1. The van der Waals surface area contributed by atoms with E-state index in [-0.39, 0.29) is 29.8 Å². The van der Waals surface area contributed by atoms with Crippen molar-refractivity contribution in [3.63, 3.8) is 0 Å². The van der Waals surface area contributed by atoms with E-state index in [1.165, 1.54) is 6.07 Å². The van der Waals surface area contributed by atoms with Crippen LogP contribution in [-0.4, -0.2) is 24.0 Å². The van der Waals surface area contributed by atoms with Gasteiger partial charge in [-0.15, -0.1) is 24.0 Å². The van der Waals surface area contributed by atoms with Crippen molar-refractivity contribution in [2.45, 2.75) is 26.5 Å². The van der Waals surface area contributed by atoms with Crippen molar-refractivity contribution in [1.29, 1.82) is 0 Å². The molecular weight excluding hydrogens is 506 g/mol. The lowest BCUT2D eigenvalue weighted by atomic mass is 10.1. The Kier molecular flexibility index (Phi) is 10.8. The van der Waals surface area contributed by atoms with Crippen molar-refractivity contribution < 1.29 is 9.13 Å². The molecule has 5 nitrogen and oxygen atoms in total. The first-order valence-corrected chi connectivity index (χ1v) is 10.1. The van der Waals surface area contributed by atoms with Gasteiger partial charge in [0, 0.05) is 19.3 Å². The number of guanidine groups is 1. The van der Waals surface area contributed by atoms with E-state index in [0.717, 1.165) is 41.5 Å². The van der Waals surface area contributed by atoms with Gasteiger partial charge in [-0.25, -0.2) is 9.38 Å². The van der Waals surface area contributed by atoms with E-state index < -0.39 is 0 Å². The Balaban J connectivity index is 0.00000341. The summed E-state index contributed by atoms with van der Waals surface area (Å²) in [5.41, 5.74) is 2.94. The number of nitrogens with one attached hydrogen (secondary N) is 2. The Labute approximate surface area is 200 Å². The maximum atomic E-state index is 13.3. The third-order valence-corrected chi connectivity index (χ3v) is 4.40. The molecule has 1 aromatic heterocycles. The van der Waals surface area contributed by atoms with E-state index in [1.54, 1.807) is 18.3 Å². The molecule has 0 amide bonds. The molecule has 0 aliphatic carbocycles. The summed E-state index contributed by atoms with van der Waals surface area (Å²) in [7, 11) is 0. The lowest BCUT2D eigenvalue weighted by Crippen LogP contribution is -2.38. The smallest absolute Gasteiger partial charge is 0.191 e. The Morgan fingerprint density at radius 3 is 2.55 bits per heavy atom. The molecule has 0 aliphatic heterocycles. The quantitative estimate of drug-likeness (QED) is 0.237. The van der Waals surface area contributed by atoms with E-state index >= 15 is 0 Å². The summed E-state index contributed by atoms with van der Waals surface area (Å²) in [6, 6.07) is 20.3. The molecule has 7 heteroatoms. The lowest BCUT2D eigenvalue weighted by molar-refractivity contribution is 0.301. The van der Waals surface area contributed by atoms with Gasteiger partial charge in [0.25, 0.3) is 0 Å². The number of hydrogen-bond donors (Lipinski definition) is 2. The minimum atomic E-state index is -0.208. The van der Waals surface area contributed by atoms with Crippen LogP contribution in [0.2, 0.25) is 0 Å². The van der Waals surface area contributed by atoms with Crippen molar-refractivity contribution in [2.24, 2.45) is 4.99 Å². The van der Waals surface area contributed by atoms with E-state index in [1.807, 2.05) is 55.5 Å². The minimum absolute atomic E-state index is 0. The topological polar surface area (TPSA) is 58.5 Å². The number of hydrogen-bond acceptors (Lipinski definition) is 3. The summed E-state index contributed by atoms with van der Waals surface area (Å²) in [6.45, 7) is 4.47. The summed E-state index contributed by atoms with van der Waals surface area (Å²) < 4.78 is 19.0. The predicted molar refractivity (Wildman–Crippen MR) is 133 cm³/mol. The van der Waals surface area contributed by atoms with Gasteiger partial charge in [0.2, 0.25) is 0 Å². The minimum Gasteiger partial charge on any atom is -0.487 e. The fourth-order valence-electron chi connectivity index (χ4n) is 2.86. The number of pyridine rings is 1. The highest BCUT2D eigenvalue weighted by molar-refractivity contribution is 14.0. The van der Waals surface area contributed by atoms with Crippen LogP contribution in [0.5, 0.6) is 5.75 Å². The summed E-state index contributed by atoms with van der Waals surface area (Å²) in [5.74, 6) is 1.33. The molecule has 3 aromatic rings. The molecule has 0 bridgehead atoms. The Morgan fingerprint density at radius 1 is 1.00 bits per heavy atom. The molecule has 0 unspecified atom stereocenters. The SMILES string of the molecule is CCNC(=NCc1ccc(OCc2ccccn2)cc1)NCCc1cccc(F)c1.I. The monoisotopic (exact) mass is 534 g/mol. The van der Waals surface area contributed by atoms with Gasteiger partial charge in [0.05, 0.1) is 12.2 Å². The standard InChI is InChI=1S/C24H27FN4O.HI/c1-2-26-24(28-15-13-19-6-5-7-21(25)16-19)29-17-20-9-11-23(12-10-20)30-18-22-8-3-4-14-27-22;/h3-12,14,16H,2,13,15,17-18H2,1H3,(H2,26,28,29);1H. The molecule has 3 rings (SSSR count). The van der Waals surface area contributed by atoms with E-state index in [9.17, 15) is 4.39 Å². The van der Waals surface area contributed by atoms with Crippen LogP contribution in [0.1, 0.15) is 23.7 Å². The maximum absolute atomic E-state index is 13.3. The summed E-state index contributed by atoms with van der Waals surface area (Å²) in [5, 5.41) is 6.53. The maximum Gasteiger partial charge on any atom is 0.191 e. The van der Waals surface area contributed by atoms with Crippen molar-refractivity contribution in [3.05, 3.63) is 95.6 Å². The number of ether oxygens (including phenoxy) is 1. The van der Waals surface area contributed by atoms with E-state index in [2.05, 4.69) is 20.6 Å². The predicted octanol–water partition coefficient (Wildman–Crippen LogP) is 4.72. The van der Waals surface area contributed by atoms with Crippen molar-refractivity contribution >= 4 is 29.9 Å². The zero-order valence-corrected chi connectivity index (χ0v) is 19.9. The van der Waals surface area contributed by atoms with Crippen LogP contribution in [0.25, 0.3) is 0 Å². The Morgan fingerprint density at radius 2 is 1.84 bits per heavy atom. The van der Waals surface area contributed by atoms with Gasteiger partial charge in [0.1, 0.15) is 18.2 Å². The van der Waals surface area contributed by atoms with Crippen LogP contribution in [-0.2, 0) is 19.6 Å². The van der Waals surface area contributed by atoms with Gasteiger partial charge >= 0.3 is 0 Å². The van der Waals surface area contributed by atoms with Crippen LogP contribution >= 0.6 is 24.0 Å². The normalized spacial score (nSPS) is 10.8. The van der Waals surface area contributed by atoms with Crippen LogP contribution in [0.4, 0.5) is 4.39 Å². The van der Waals surface area contributed by atoms with Crippen LogP contribution in [0, 0.1) is 5.82 Å². The molecule has 31 heavy (non-hydrogen) atoms. The second-order valence-corrected chi connectivity index (χ2v) is 6.76. The molecule has 0 saturated carbocycles. The van der Waals surface area contributed by atoms with Gasteiger partial charge in [-0.05, 0) is 60.9 Å². The third kappa shape index (κ3) is 8.92. The molecule has 0 atom stereocenters. The molecular formula is C24H28FIN4O. The zero-order valence-electron chi connectivity index (χ0n) is 17.6. The largest absolute Gasteiger partial charge is 0.487 e. The number of aromatic nitrogens is 1. The third-order valence-electron chi connectivity index (χ3n) is 4.40. The zero-order chi connectivity index (χ0) is 21.0. The van der Waals surface area contributed by atoms with Gasteiger partial charge in [-0.1, -0.05) is 30.3 Å². The number of nitrogens with zero attached hydrogens (tertiary/aromatic N) is 2. The van der Waals surface area contributed by atoms with Crippen LogP contribution in [0.15, 0.2) is 77.9 Å². The average molecular weight is 534 g/mol. The molecule has 0 fully saturated rings. The molecule has 1 heterocycles. The number of halogens is 2. The highest BCUT2D eigenvalue weighted by Gasteiger charge is 2.01. The fourth-order valence-corrected chi connectivity index (χ4v) is 2.86. The van der Waals surface area contributed by atoms with Crippen molar-refractivity contribution in [2.75, 3.05) is 13.1 Å². The van der Waals surface area contributed by atoms with Gasteiger partial charge in [-0.3, -0.25) is 4.98 Å². The van der Waals surface area contributed by atoms with Crippen molar-refractivity contribution in [3.8, 4) is 5.75 Å². The van der Waals surface area contributed by atoms with Crippen molar-refractivity contribution in [1.82, 2.24) is 15.6 Å². The highest BCUT2D eigenvalue weighted by atomic mass is 127. The summed E-state index contributed by atoms with van der Waals surface area (Å²) >= 11 is 0. The molecule has 0 radical (unpaired) electrons. The number of aliphatic imine (C=N–C) groups is 1. The fraction of sp³-hybridized carbons (Fsp3) is 0.250. The Hall–Kier alpha value is -2.68. The van der Waals surface area contributed by atoms with Crippen LogP contribution < -0.4 is 15.4 Å². The molecule has 0 aliphatic rings. The highest BCUT2D eigenvalue weighted by Crippen LogP contribution is 2.14.